The van der Waals surface area contributed by atoms with Crippen molar-refractivity contribution in [3.8, 4) is 0 Å². The van der Waals surface area contributed by atoms with E-state index >= 15 is 0 Å². The van der Waals surface area contributed by atoms with E-state index in [0.717, 1.165) is 5.56 Å². The Labute approximate surface area is 109 Å². The molecule has 0 bridgehead atoms. The van der Waals surface area contributed by atoms with Gasteiger partial charge < -0.3 is 10.3 Å². The van der Waals surface area contributed by atoms with Crippen molar-refractivity contribution in [2.45, 2.75) is 6.92 Å². The zero-order chi connectivity index (χ0) is 13.1. The highest BCUT2D eigenvalue weighted by Gasteiger charge is 2.10. The van der Waals surface area contributed by atoms with Crippen LogP contribution in [0.25, 0.3) is 0 Å². The maximum Gasteiger partial charge on any atom is 0.272 e. The number of aromatic amines is 1. The third-order valence-corrected chi connectivity index (χ3v) is 2.77. The molecule has 0 fully saturated rings. The molecule has 0 aliphatic rings. The second-order valence-corrected chi connectivity index (χ2v) is 4.31. The summed E-state index contributed by atoms with van der Waals surface area (Å²) in [6, 6.07) is 6.75. The minimum Gasteiger partial charge on any atom is -0.356 e. The van der Waals surface area contributed by atoms with Gasteiger partial charge in [0.15, 0.2) is 6.29 Å². The molecule has 0 radical (unpaired) electrons. The lowest BCUT2D eigenvalue weighted by atomic mass is 10.2. The second kappa shape index (κ2) is 5.06. The minimum absolute atomic E-state index is 0.312. The van der Waals surface area contributed by atoms with Gasteiger partial charge in [-0.3, -0.25) is 9.59 Å². The number of nitrogens with one attached hydrogen (secondary N) is 2. The van der Waals surface area contributed by atoms with Crippen LogP contribution >= 0.6 is 11.6 Å². The van der Waals surface area contributed by atoms with Crippen LogP contribution in [0.15, 0.2) is 30.5 Å². The Morgan fingerprint density at radius 2 is 2.17 bits per heavy atom. The van der Waals surface area contributed by atoms with Crippen LogP contribution in [0.1, 0.15) is 26.4 Å². The normalized spacial score (nSPS) is 10.1. The van der Waals surface area contributed by atoms with Crippen molar-refractivity contribution in [3.05, 3.63) is 52.3 Å². The highest BCUT2D eigenvalue weighted by atomic mass is 35.5. The Morgan fingerprint density at radius 1 is 1.39 bits per heavy atom. The molecule has 0 spiro atoms. The SMILES string of the molecule is Cc1ccc(Cl)cc1NC(=O)c1cc(C=O)c[nH]1. The largest absolute Gasteiger partial charge is 0.356 e. The molecule has 0 saturated carbocycles. The van der Waals surface area contributed by atoms with E-state index in [4.69, 9.17) is 11.6 Å². The zero-order valence-electron chi connectivity index (χ0n) is 9.66. The molecule has 92 valence electrons. The fourth-order valence-electron chi connectivity index (χ4n) is 1.53. The van der Waals surface area contributed by atoms with E-state index in [1.165, 1.54) is 12.3 Å². The Morgan fingerprint density at radius 3 is 2.83 bits per heavy atom. The van der Waals surface area contributed by atoms with Crippen LogP contribution in [-0.2, 0) is 0 Å². The lowest BCUT2D eigenvalue weighted by Crippen LogP contribution is -2.13. The van der Waals surface area contributed by atoms with Crippen molar-refractivity contribution < 1.29 is 9.59 Å². The zero-order valence-corrected chi connectivity index (χ0v) is 10.4. The predicted octanol–water partition coefficient (Wildman–Crippen LogP) is 3.04. The number of hydrogen-bond acceptors (Lipinski definition) is 2. The van der Waals surface area contributed by atoms with E-state index in [9.17, 15) is 9.59 Å². The van der Waals surface area contributed by atoms with Gasteiger partial charge in [0.2, 0.25) is 0 Å². The summed E-state index contributed by atoms with van der Waals surface area (Å²) in [5.41, 5.74) is 2.32. The molecule has 2 rings (SSSR count). The number of anilines is 1. The van der Waals surface area contributed by atoms with Gasteiger partial charge in [-0.2, -0.15) is 0 Å². The molecule has 2 N–H and O–H groups in total. The molecule has 0 unspecified atom stereocenters. The predicted molar refractivity (Wildman–Crippen MR) is 70.3 cm³/mol. The smallest absolute Gasteiger partial charge is 0.272 e. The molecule has 0 atom stereocenters. The molecule has 0 saturated heterocycles. The summed E-state index contributed by atoms with van der Waals surface area (Å²) in [5.74, 6) is -0.312. The Hall–Kier alpha value is -2.07. The Kier molecular flexibility index (Phi) is 3.48. The standard InChI is InChI=1S/C13H11ClN2O2/c1-8-2-3-10(14)5-11(8)16-13(18)12-4-9(7-17)6-15-12/h2-7,15H,1H3,(H,16,18). The molecular weight excluding hydrogens is 252 g/mol. The fourth-order valence-corrected chi connectivity index (χ4v) is 1.70. The lowest BCUT2D eigenvalue weighted by molar-refractivity contribution is 0.102. The van der Waals surface area contributed by atoms with Gasteiger partial charge in [-0.15, -0.1) is 0 Å². The first-order chi connectivity index (χ1) is 8.60. The van der Waals surface area contributed by atoms with E-state index < -0.39 is 0 Å². The third-order valence-electron chi connectivity index (χ3n) is 2.53. The first-order valence-electron chi connectivity index (χ1n) is 5.31. The van der Waals surface area contributed by atoms with Crippen LogP contribution in [0.5, 0.6) is 0 Å². The van der Waals surface area contributed by atoms with Gasteiger partial charge in [0.1, 0.15) is 5.69 Å². The summed E-state index contributed by atoms with van der Waals surface area (Å²) in [6.45, 7) is 1.87. The number of carbonyl (C=O) groups is 2. The highest BCUT2D eigenvalue weighted by molar-refractivity contribution is 6.31. The molecule has 4 nitrogen and oxygen atoms in total. The molecule has 0 aliphatic carbocycles. The Bertz CT molecular complexity index is 605. The van der Waals surface area contributed by atoms with Crippen molar-refractivity contribution in [1.82, 2.24) is 4.98 Å². The van der Waals surface area contributed by atoms with Crippen LogP contribution in [0.3, 0.4) is 0 Å². The topological polar surface area (TPSA) is 62.0 Å². The van der Waals surface area contributed by atoms with E-state index in [1.807, 2.05) is 13.0 Å². The summed E-state index contributed by atoms with van der Waals surface area (Å²) in [6.07, 6.45) is 2.16. The number of H-pyrrole nitrogens is 1. The summed E-state index contributed by atoms with van der Waals surface area (Å²) in [4.78, 5) is 25.2. The number of benzene rings is 1. The van der Waals surface area contributed by atoms with Crippen molar-refractivity contribution in [1.29, 1.82) is 0 Å². The van der Waals surface area contributed by atoms with Crippen LogP contribution in [0, 0.1) is 6.92 Å². The minimum atomic E-state index is -0.312. The number of aromatic nitrogens is 1. The second-order valence-electron chi connectivity index (χ2n) is 3.88. The number of rotatable bonds is 3. The van der Waals surface area contributed by atoms with Gasteiger partial charge in [-0.25, -0.2) is 0 Å². The van der Waals surface area contributed by atoms with Gasteiger partial charge in [0.05, 0.1) is 0 Å². The molecule has 1 heterocycles. The first kappa shape index (κ1) is 12.4. The summed E-state index contributed by atoms with van der Waals surface area (Å²) in [7, 11) is 0. The summed E-state index contributed by atoms with van der Waals surface area (Å²) >= 11 is 5.87. The maximum absolute atomic E-state index is 11.9. The quantitative estimate of drug-likeness (QED) is 0.835. The van der Waals surface area contributed by atoms with Gasteiger partial charge >= 0.3 is 0 Å². The highest BCUT2D eigenvalue weighted by Crippen LogP contribution is 2.20. The van der Waals surface area contributed by atoms with Crippen molar-refractivity contribution >= 4 is 29.5 Å². The molecule has 1 amide bonds. The number of aldehydes is 1. The van der Waals surface area contributed by atoms with Crippen molar-refractivity contribution in [3.63, 3.8) is 0 Å². The number of amides is 1. The van der Waals surface area contributed by atoms with E-state index in [2.05, 4.69) is 10.3 Å². The number of hydrogen-bond donors (Lipinski definition) is 2. The van der Waals surface area contributed by atoms with Crippen LogP contribution in [0.2, 0.25) is 5.02 Å². The summed E-state index contributed by atoms with van der Waals surface area (Å²) < 4.78 is 0. The van der Waals surface area contributed by atoms with E-state index in [-0.39, 0.29) is 5.91 Å². The number of carbonyl (C=O) groups excluding carboxylic acids is 2. The van der Waals surface area contributed by atoms with E-state index in [1.54, 1.807) is 12.1 Å². The van der Waals surface area contributed by atoms with Crippen LogP contribution < -0.4 is 5.32 Å². The van der Waals surface area contributed by atoms with Gasteiger partial charge in [0, 0.05) is 22.5 Å². The third kappa shape index (κ3) is 2.60. The lowest BCUT2D eigenvalue weighted by Gasteiger charge is -2.07. The molecule has 5 heteroatoms. The van der Waals surface area contributed by atoms with Gasteiger partial charge in [-0.05, 0) is 30.7 Å². The molecular formula is C13H11ClN2O2. The molecule has 2 aromatic rings. The van der Waals surface area contributed by atoms with Crippen molar-refractivity contribution in [2.24, 2.45) is 0 Å². The van der Waals surface area contributed by atoms with Crippen LogP contribution in [0.4, 0.5) is 5.69 Å². The average Bonchev–Trinajstić information content (AvgIpc) is 2.82. The van der Waals surface area contributed by atoms with E-state index in [0.29, 0.717) is 28.3 Å². The first-order valence-corrected chi connectivity index (χ1v) is 5.69. The monoisotopic (exact) mass is 262 g/mol. The number of aryl methyl sites for hydroxylation is 1. The van der Waals surface area contributed by atoms with Gasteiger partial charge in [-0.1, -0.05) is 17.7 Å². The maximum atomic E-state index is 11.9. The van der Waals surface area contributed by atoms with Crippen molar-refractivity contribution in [2.75, 3.05) is 5.32 Å². The number of halogens is 1. The summed E-state index contributed by atoms with van der Waals surface area (Å²) in [5, 5.41) is 3.29. The van der Waals surface area contributed by atoms with Gasteiger partial charge in [0.25, 0.3) is 5.91 Å². The molecule has 0 aliphatic heterocycles. The molecule has 1 aromatic heterocycles. The Balaban J connectivity index is 2.20. The fraction of sp³-hybridized carbons (Fsp3) is 0.0769. The molecule has 18 heavy (non-hydrogen) atoms. The molecule has 1 aromatic carbocycles. The van der Waals surface area contributed by atoms with Crippen LogP contribution in [-0.4, -0.2) is 17.2 Å². The average molecular weight is 263 g/mol.